The molecule has 1 aromatic rings. The van der Waals surface area contributed by atoms with E-state index in [0.29, 0.717) is 6.04 Å². The topological polar surface area (TPSA) is 3.24 Å². The fraction of sp³-hybridized carbons (Fsp3) is 0.417. The van der Waals surface area contributed by atoms with Crippen molar-refractivity contribution in [3.8, 4) is 0 Å². The Kier molecular flexibility index (Phi) is 4.75. The van der Waals surface area contributed by atoms with E-state index >= 15 is 0 Å². The zero-order valence-electron chi connectivity index (χ0n) is 8.95. The van der Waals surface area contributed by atoms with E-state index in [0.717, 1.165) is 0 Å². The van der Waals surface area contributed by atoms with Crippen molar-refractivity contribution in [1.82, 2.24) is 4.90 Å². The van der Waals surface area contributed by atoms with E-state index in [1.54, 1.807) is 0 Å². The standard InChI is InChI=1S/C12H16N.Li/c1-11(13-9-5-6-10-13)12-7-3-2-4-8-12;/h2-4,7-8,11H,1,5-6,9-10H2;/q-1;+1. The van der Waals surface area contributed by atoms with Crippen LogP contribution in [0.25, 0.3) is 0 Å². The van der Waals surface area contributed by atoms with E-state index < -0.39 is 0 Å². The average Bonchev–Trinajstić information content (AvgIpc) is 2.71. The minimum Gasteiger partial charge on any atom is -0.326 e. The molecule has 1 aliphatic rings. The smallest absolute Gasteiger partial charge is 0.326 e. The molecule has 1 aromatic carbocycles. The number of benzene rings is 1. The van der Waals surface area contributed by atoms with Crippen LogP contribution < -0.4 is 18.9 Å². The predicted octanol–water partition coefficient (Wildman–Crippen LogP) is -0.338. The second-order valence-corrected chi connectivity index (χ2v) is 3.67. The van der Waals surface area contributed by atoms with Gasteiger partial charge in [0.05, 0.1) is 0 Å². The minimum absolute atomic E-state index is 0. The Morgan fingerprint density at radius 1 is 1.07 bits per heavy atom. The van der Waals surface area contributed by atoms with Crippen molar-refractivity contribution in [2.24, 2.45) is 0 Å². The molecule has 0 saturated carbocycles. The Bertz CT molecular complexity index is 254. The van der Waals surface area contributed by atoms with Gasteiger partial charge in [-0.15, -0.1) is 0 Å². The van der Waals surface area contributed by atoms with Gasteiger partial charge in [0.2, 0.25) is 0 Å². The third kappa shape index (κ3) is 2.64. The van der Waals surface area contributed by atoms with Crippen molar-refractivity contribution in [3.63, 3.8) is 0 Å². The normalized spacial score (nSPS) is 18.9. The summed E-state index contributed by atoms with van der Waals surface area (Å²) in [5, 5.41) is 0. The van der Waals surface area contributed by atoms with Crippen molar-refractivity contribution in [2.75, 3.05) is 13.1 Å². The molecule has 14 heavy (non-hydrogen) atoms. The quantitative estimate of drug-likeness (QED) is 0.446. The first-order valence-electron chi connectivity index (χ1n) is 5.00. The molecule has 0 spiro atoms. The SMILES string of the molecule is [CH2-]C(c1ccccc1)N1CCCC1.[Li+]. The summed E-state index contributed by atoms with van der Waals surface area (Å²) in [7, 11) is 0. The predicted molar refractivity (Wildman–Crippen MR) is 55.3 cm³/mol. The van der Waals surface area contributed by atoms with Gasteiger partial charge < -0.3 is 11.8 Å². The largest absolute Gasteiger partial charge is 1.00 e. The first kappa shape index (κ1) is 11.8. The van der Waals surface area contributed by atoms with Crippen LogP contribution in [-0.2, 0) is 0 Å². The summed E-state index contributed by atoms with van der Waals surface area (Å²) >= 11 is 0. The molecule has 1 nitrogen and oxygen atoms in total. The summed E-state index contributed by atoms with van der Waals surface area (Å²) in [6.07, 6.45) is 2.66. The molecule has 0 aromatic heterocycles. The first-order chi connectivity index (χ1) is 6.38. The molecule has 0 aliphatic carbocycles. The zero-order chi connectivity index (χ0) is 9.10. The maximum atomic E-state index is 4.22. The van der Waals surface area contributed by atoms with Crippen molar-refractivity contribution >= 4 is 0 Å². The number of nitrogens with zero attached hydrogens (tertiary/aromatic N) is 1. The number of likely N-dealkylation sites (tertiary alicyclic amines) is 1. The van der Waals surface area contributed by atoms with Crippen LogP contribution in [0.1, 0.15) is 24.4 Å². The van der Waals surface area contributed by atoms with Crippen molar-refractivity contribution in [2.45, 2.75) is 18.9 Å². The monoisotopic (exact) mass is 181 g/mol. The summed E-state index contributed by atoms with van der Waals surface area (Å²) in [5.74, 6) is 0. The van der Waals surface area contributed by atoms with Crippen molar-refractivity contribution in [1.29, 1.82) is 0 Å². The van der Waals surface area contributed by atoms with Crippen LogP contribution in [0.4, 0.5) is 0 Å². The average molecular weight is 181 g/mol. The summed E-state index contributed by atoms with van der Waals surface area (Å²) in [4.78, 5) is 2.45. The Labute approximate surface area is 98.7 Å². The molecule has 2 rings (SSSR count). The third-order valence-corrected chi connectivity index (χ3v) is 2.77. The van der Waals surface area contributed by atoms with Crippen LogP contribution in [0.3, 0.4) is 0 Å². The van der Waals surface area contributed by atoms with Crippen molar-refractivity contribution in [3.05, 3.63) is 42.8 Å². The molecular weight excluding hydrogens is 165 g/mol. The van der Waals surface area contributed by atoms with E-state index in [1.165, 1.54) is 31.5 Å². The maximum absolute atomic E-state index is 4.22. The van der Waals surface area contributed by atoms with E-state index in [4.69, 9.17) is 0 Å². The van der Waals surface area contributed by atoms with Crippen LogP contribution in [0.2, 0.25) is 0 Å². The molecule has 1 saturated heterocycles. The van der Waals surface area contributed by atoms with Crippen LogP contribution in [-0.4, -0.2) is 18.0 Å². The van der Waals surface area contributed by atoms with Crippen molar-refractivity contribution < 1.29 is 18.9 Å². The van der Waals surface area contributed by atoms with Gasteiger partial charge in [-0.3, -0.25) is 0 Å². The van der Waals surface area contributed by atoms with Gasteiger partial charge in [-0.1, -0.05) is 41.9 Å². The minimum atomic E-state index is 0. The van der Waals surface area contributed by atoms with Crippen LogP contribution >= 0.6 is 0 Å². The van der Waals surface area contributed by atoms with Gasteiger partial charge in [0, 0.05) is 0 Å². The third-order valence-electron chi connectivity index (χ3n) is 2.77. The molecule has 1 heterocycles. The van der Waals surface area contributed by atoms with Gasteiger partial charge >= 0.3 is 18.9 Å². The van der Waals surface area contributed by atoms with E-state index in [9.17, 15) is 0 Å². The number of rotatable bonds is 2. The summed E-state index contributed by atoms with van der Waals surface area (Å²) in [6.45, 7) is 6.64. The molecule has 1 fully saturated rings. The molecule has 70 valence electrons. The number of hydrogen-bond donors (Lipinski definition) is 0. The molecule has 0 radical (unpaired) electrons. The van der Waals surface area contributed by atoms with E-state index in [1.807, 2.05) is 0 Å². The molecule has 0 N–H and O–H groups in total. The van der Waals surface area contributed by atoms with Crippen LogP contribution in [0.15, 0.2) is 30.3 Å². The van der Waals surface area contributed by atoms with Crippen LogP contribution in [0, 0.1) is 6.92 Å². The Balaban J connectivity index is 0.000000980. The number of hydrogen-bond acceptors (Lipinski definition) is 1. The van der Waals surface area contributed by atoms with Gasteiger partial charge in [0.1, 0.15) is 0 Å². The fourth-order valence-electron chi connectivity index (χ4n) is 1.94. The van der Waals surface area contributed by atoms with Gasteiger partial charge in [0.25, 0.3) is 0 Å². The second kappa shape index (κ2) is 5.61. The molecule has 0 bridgehead atoms. The Hall–Kier alpha value is -0.223. The molecule has 1 atom stereocenters. The summed E-state index contributed by atoms with van der Waals surface area (Å²) in [5.41, 5.74) is 1.34. The zero-order valence-corrected chi connectivity index (χ0v) is 8.95. The maximum Gasteiger partial charge on any atom is 1.00 e. The summed E-state index contributed by atoms with van der Waals surface area (Å²) in [6, 6.07) is 10.9. The van der Waals surface area contributed by atoms with Gasteiger partial charge in [-0.2, -0.15) is 0 Å². The molecule has 2 heteroatoms. The summed E-state index contributed by atoms with van der Waals surface area (Å²) < 4.78 is 0. The molecule has 1 aliphatic heterocycles. The van der Waals surface area contributed by atoms with E-state index in [-0.39, 0.29) is 18.9 Å². The molecule has 0 amide bonds. The van der Waals surface area contributed by atoms with E-state index in [2.05, 4.69) is 42.2 Å². The van der Waals surface area contributed by atoms with Gasteiger partial charge in [-0.05, 0) is 25.9 Å². The Morgan fingerprint density at radius 2 is 1.64 bits per heavy atom. The Morgan fingerprint density at radius 3 is 2.21 bits per heavy atom. The van der Waals surface area contributed by atoms with Crippen LogP contribution in [0.5, 0.6) is 0 Å². The first-order valence-corrected chi connectivity index (χ1v) is 5.00. The molecular formula is C12H16LiN. The fourth-order valence-corrected chi connectivity index (χ4v) is 1.94. The molecule has 1 unspecified atom stereocenters. The van der Waals surface area contributed by atoms with Gasteiger partial charge in [-0.25, -0.2) is 0 Å². The van der Waals surface area contributed by atoms with Gasteiger partial charge in [0.15, 0.2) is 0 Å². The second-order valence-electron chi connectivity index (χ2n) is 3.67.